The second-order valence-electron chi connectivity index (χ2n) is 6.94. The van der Waals surface area contributed by atoms with Gasteiger partial charge < -0.3 is 15.7 Å². The van der Waals surface area contributed by atoms with Gasteiger partial charge in [-0.1, -0.05) is 24.0 Å². The summed E-state index contributed by atoms with van der Waals surface area (Å²) in [6.45, 7) is 0.406. The number of nitrogens with two attached hydrogens (primary N) is 1. The Morgan fingerprint density at radius 2 is 2.03 bits per heavy atom. The Morgan fingerprint density at radius 1 is 1.27 bits per heavy atom. The van der Waals surface area contributed by atoms with Crippen LogP contribution in [-0.4, -0.2) is 61.8 Å². The second kappa shape index (κ2) is 11.8. The number of aryl methyl sites for hydroxylation is 1. The Bertz CT molecular complexity index is 1210. The summed E-state index contributed by atoms with van der Waals surface area (Å²) in [6.07, 6.45) is 9.95. The second-order valence-corrected chi connectivity index (χ2v) is 6.94. The molecule has 9 heteroatoms. The first-order valence-electron chi connectivity index (χ1n) is 9.83. The van der Waals surface area contributed by atoms with Crippen molar-refractivity contribution in [3.63, 3.8) is 0 Å². The minimum atomic E-state index is -0.865. The van der Waals surface area contributed by atoms with Crippen molar-refractivity contribution in [2.45, 2.75) is 12.5 Å². The maximum absolute atomic E-state index is 11.8. The lowest BCUT2D eigenvalue weighted by Crippen LogP contribution is -2.21. The van der Waals surface area contributed by atoms with Crippen molar-refractivity contribution in [2.24, 2.45) is 12.8 Å². The number of hydrogen-bond acceptors (Lipinski definition) is 6. The highest BCUT2D eigenvalue weighted by Gasteiger charge is 2.13. The summed E-state index contributed by atoms with van der Waals surface area (Å²) < 4.78 is 1.63. The summed E-state index contributed by atoms with van der Waals surface area (Å²) >= 11 is 0. The van der Waals surface area contributed by atoms with E-state index in [0.717, 1.165) is 0 Å². The van der Waals surface area contributed by atoms with Crippen LogP contribution in [0.4, 0.5) is 0 Å². The zero-order valence-corrected chi connectivity index (χ0v) is 18.3. The quantitative estimate of drug-likeness (QED) is 0.415. The minimum absolute atomic E-state index is 0.0804. The van der Waals surface area contributed by atoms with Crippen LogP contribution in [0, 0.1) is 24.7 Å². The van der Waals surface area contributed by atoms with Crippen molar-refractivity contribution >= 4 is 12.3 Å². The summed E-state index contributed by atoms with van der Waals surface area (Å²) in [4.78, 5) is 32.6. The Morgan fingerprint density at radius 3 is 2.67 bits per heavy atom. The van der Waals surface area contributed by atoms with Crippen LogP contribution in [0.5, 0.6) is 0 Å². The summed E-state index contributed by atoms with van der Waals surface area (Å²) in [5.74, 6) is 5.32. The van der Waals surface area contributed by atoms with Gasteiger partial charge in [-0.2, -0.15) is 5.10 Å². The standard InChI is InChI=1S/C22H22N6O3.C2H2/c1-27(14-29)10-8-17(30)7-6-15-4-3-5-16(12-15)22-24-19(13-20(25-22)21(23)31)18-9-11-28(2)26-18;1-2/h3-5,9,11-14,17,30H,8,10H2,1-2H3,(H2,23,31);1-2H/t17-;/m0./s1. The van der Waals surface area contributed by atoms with Crippen molar-refractivity contribution in [3.05, 3.63) is 53.9 Å². The molecule has 0 unspecified atom stereocenters. The van der Waals surface area contributed by atoms with Gasteiger partial charge in [-0.05, 0) is 24.3 Å². The van der Waals surface area contributed by atoms with Gasteiger partial charge in [0.25, 0.3) is 5.91 Å². The number of terminal acetylenes is 1. The zero-order valence-electron chi connectivity index (χ0n) is 18.3. The molecule has 0 saturated heterocycles. The third kappa shape index (κ3) is 7.03. The maximum Gasteiger partial charge on any atom is 0.267 e. The Balaban J connectivity index is 0.00000187. The number of rotatable bonds is 7. The van der Waals surface area contributed by atoms with E-state index in [1.165, 1.54) is 11.0 Å². The van der Waals surface area contributed by atoms with Crippen molar-refractivity contribution < 1.29 is 14.7 Å². The molecule has 3 N–H and O–H groups in total. The molecule has 33 heavy (non-hydrogen) atoms. The normalized spacial score (nSPS) is 10.7. The SMILES string of the molecule is C#C.CN(C=O)CC[C@@H](O)C#Cc1cccc(-c2nc(C(N)=O)cc(-c3ccn(C)n3)n2)c1. The van der Waals surface area contributed by atoms with E-state index in [4.69, 9.17) is 5.73 Å². The molecule has 168 valence electrons. The first-order valence-corrected chi connectivity index (χ1v) is 9.83. The lowest BCUT2D eigenvalue weighted by atomic mass is 10.1. The van der Waals surface area contributed by atoms with Crippen LogP contribution < -0.4 is 5.73 Å². The molecule has 3 rings (SSSR count). The van der Waals surface area contributed by atoms with Crippen molar-refractivity contribution in [3.8, 4) is 47.5 Å². The van der Waals surface area contributed by atoms with Crippen LogP contribution in [0.15, 0.2) is 42.6 Å². The van der Waals surface area contributed by atoms with E-state index in [1.54, 1.807) is 55.3 Å². The molecule has 1 aromatic carbocycles. The molecule has 2 aromatic heterocycles. The van der Waals surface area contributed by atoms with E-state index in [2.05, 4.69) is 39.8 Å². The number of aliphatic hydroxyl groups excluding tert-OH is 1. The predicted molar refractivity (Wildman–Crippen MR) is 124 cm³/mol. The van der Waals surface area contributed by atoms with E-state index in [1.807, 2.05) is 0 Å². The monoisotopic (exact) mass is 444 g/mol. The van der Waals surface area contributed by atoms with Crippen molar-refractivity contribution in [1.29, 1.82) is 0 Å². The summed E-state index contributed by atoms with van der Waals surface area (Å²) in [6, 6.07) is 10.4. The Labute approximate surface area is 192 Å². The van der Waals surface area contributed by atoms with E-state index < -0.39 is 12.0 Å². The molecular weight excluding hydrogens is 420 g/mol. The van der Waals surface area contributed by atoms with Gasteiger partial charge in [0.2, 0.25) is 6.41 Å². The zero-order chi connectivity index (χ0) is 24.4. The highest BCUT2D eigenvalue weighted by molar-refractivity contribution is 5.92. The highest BCUT2D eigenvalue weighted by atomic mass is 16.3. The van der Waals surface area contributed by atoms with Crippen LogP contribution in [0.1, 0.15) is 22.5 Å². The van der Waals surface area contributed by atoms with Crippen LogP contribution in [0.2, 0.25) is 0 Å². The Kier molecular flexibility index (Phi) is 8.86. The molecule has 0 saturated carbocycles. The third-order valence-corrected chi connectivity index (χ3v) is 4.39. The van der Waals surface area contributed by atoms with Gasteiger partial charge in [0.15, 0.2) is 5.82 Å². The smallest absolute Gasteiger partial charge is 0.267 e. The lowest BCUT2D eigenvalue weighted by Gasteiger charge is -2.10. The average Bonchev–Trinajstić information content (AvgIpc) is 3.28. The van der Waals surface area contributed by atoms with Crippen molar-refractivity contribution in [2.75, 3.05) is 13.6 Å². The molecule has 0 aliphatic heterocycles. The summed E-state index contributed by atoms with van der Waals surface area (Å²) in [7, 11) is 3.42. The van der Waals surface area contributed by atoms with Gasteiger partial charge in [0.1, 0.15) is 17.5 Å². The highest BCUT2D eigenvalue weighted by Crippen LogP contribution is 2.22. The maximum atomic E-state index is 11.8. The van der Waals surface area contributed by atoms with Gasteiger partial charge in [-0.25, -0.2) is 9.97 Å². The molecule has 0 bridgehead atoms. The van der Waals surface area contributed by atoms with Crippen LogP contribution in [0.25, 0.3) is 22.8 Å². The molecule has 0 radical (unpaired) electrons. The fourth-order valence-corrected chi connectivity index (χ4v) is 2.74. The topological polar surface area (TPSA) is 127 Å². The molecular formula is C24H24N6O3. The molecule has 0 fully saturated rings. The third-order valence-electron chi connectivity index (χ3n) is 4.39. The van der Waals surface area contributed by atoms with E-state index in [9.17, 15) is 14.7 Å². The number of nitrogens with zero attached hydrogens (tertiary/aromatic N) is 5. The van der Waals surface area contributed by atoms with Gasteiger partial charge in [-0.15, -0.1) is 12.8 Å². The molecule has 0 spiro atoms. The number of aliphatic hydroxyl groups is 1. The predicted octanol–water partition coefficient (Wildman–Crippen LogP) is 1.08. The van der Waals surface area contributed by atoms with Gasteiger partial charge in [0, 0.05) is 44.4 Å². The van der Waals surface area contributed by atoms with E-state index >= 15 is 0 Å². The average molecular weight is 444 g/mol. The molecule has 1 atom stereocenters. The van der Waals surface area contributed by atoms with Crippen LogP contribution >= 0.6 is 0 Å². The number of aromatic nitrogens is 4. The number of benzene rings is 1. The number of carbonyl (C=O) groups excluding carboxylic acids is 2. The van der Waals surface area contributed by atoms with Crippen LogP contribution in [-0.2, 0) is 11.8 Å². The first kappa shape index (κ1) is 24.8. The summed E-state index contributed by atoms with van der Waals surface area (Å²) in [5, 5.41) is 14.3. The fraction of sp³-hybridized carbons (Fsp3) is 0.208. The van der Waals surface area contributed by atoms with Gasteiger partial charge >= 0.3 is 0 Å². The molecule has 3 aromatic rings. The largest absolute Gasteiger partial charge is 0.380 e. The number of amides is 2. The van der Waals surface area contributed by atoms with E-state index in [0.29, 0.717) is 47.7 Å². The number of carbonyl (C=O) groups is 2. The first-order chi connectivity index (χ1) is 15.9. The van der Waals surface area contributed by atoms with Crippen molar-refractivity contribution in [1.82, 2.24) is 24.6 Å². The molecule has 0 aliphatic rings. The van der Waals surface area contributed by atoms with Gasteiger partial charge in [0.05, 0.1) is 5.69 Å². The molecule has 2 heterocycles. The lowest BCUT2D eigenvalue weighted by molar-refractivity contribution is -0.117. The van der Waals surface area contributed by atoms with E-state index in [-0.39, 0.29) is 5.69 Å². The number of primary amides is 1. The van der Waals surface area contributed by atoms with Crippen LogP contribution in [0.3, 0.4) is 0 Å². The minimum Gasteiger partial charge on any atom is -0.380 e. The van der Waals surface area contributed by atoms with Gasteiger partial charge in [-0.3, -0.25) is 14.3 Å². The summed E-state index contributed by atoms with van der Waals surface area (Å²) in [5.41, 5.74) is 7.89. The molecule has 0 aliphatic carbocycles. The Hall–Kier alpha value is -4.47. The fourth-order valence-electron chi connectivity index (χ4n) is 2.74. The number of hydrogen-bond donors (Lipinski definition) is 2. The molecule has 2 amide bonds. The molecule has 9 nitrogen and oxygen atoms in total.